The highest BCUT2D eigenvalue weighted by molar-refractivity contribution is 6.35. The highest BCUT2D eigenvalue weighted by Crippen LogP contribution is 2.25. The first kappa shape index (κ1) is 18.3. The van der Waals surface area contributed by atoms with Crippen LogP contribution in [0, 0.1) is 0 Å². The van der Waals surface area contributed by atoms with E-state index in [1.165, 1.54) is 0 Å². The molecule has 0 unspecified atom stereocenters. The lowest BCUT2D eigenvalue weighted by Gasteiger charge is -2.18. The Balaban J connectivity index is 2.22. The average molecular weight is 366 g/mol. The van der Waals surface area contributed by atoms with Crippen molar-refractivity contribution in [3.63, 3.8) is 0 Å². The minimum atomic E-state index is -1.04. The van der Waals surface area contributed by atoms with Gasteiger partial charge in [-0.3, -0.25) is 9.59 Å². The van der Waals surface area contributed by atoms with Gasteiger partial charge in [0, 0.05) is 27.7 Å². The average Bonchev–Trinajstić information content (AvgIpc) is 2.52. The predicted molar refractivity (Wildman–Crippen MR) is 95.3 cm³/mol. The SMILES string of the molecule is CCCC(=O)O[C@H](C(=O)Nc1cc(Cl)cc(Cl)c1)c1ccccc1. The van der Waals surface area contributed by atoms with Gasteiger partial charge in [-0.15, -0.1) is 0 Å². The number of rotatable bonds is 6. The maximum absolute atomic E-state index is 12.6. The Labute approximate surface area is 150 Å². The molecule has 1 atom stereocenters. The Bertz CT molecular complexity index is 699. The van der Waals surface area contributed by atoms with Gasteiger partial charge in [0.25, 0.3) is 5.91 Å². The second kappa shape index (κ2) is 8.71. The number of esters is 1. The van der Waals surface area contributed by atoms with E-state index in [-0.39, 0.29) is 6.42 Å². The van der Waals surface area contributed by atoms with E-state index >= 15 is 0 Å². The molecule has 126 valence electrons. The number of ether oxygens (including phenoxy) is 1. The van der Waals surface area contributed by atoms with Crippen LogP contribution in [0.4, 0.5) is 5.69 Å². The number of carbonyl (C=O) groups excluding carboxylic acids is 2. The van der Waals surface area contributed by atoms with E-state index in [1.54, 1.807) is 42.5 Å². The molecule has 0 aliphatic carbocycles. The monoisotopic (exact) mass is 365 g/mol. The van der Waals surface area contributed by atoms with Gasteiger partial charge in [-0.25, -0.2) is 0 Å². The van der Waals surface area contributed by atoms with Gasteiger partial charge in [-0.05, 0) is 24.6 Å². The summed E-state index contributed by atoms with van der Waals surface area (Å²) in [5.74, 6) is -0.894. The molecule has 2 aromatic rings. The number of hydrogen-bond donors (Lipinski definition) is 1. The summed E-state index contributed by atoms with van der Waals surface area (Å²) in [6.45, 7) is 1.87. The molecule has 1 N–H and O–H groups in total. The predicted octanol–water partition coefficient (Wildman–Crippen LogP) is 5.02. The third-order valence-electron chi connectivity index (χ3n) is 3.17. The van der Waals surface area contributed by atoms with Crippen LogP contribution in [-0.4, -0.2) is 11.9 Å². The maximum Gasteiger partial charge on any atom is 0.306 e. The van der Waals surface area contributed by atoms with Gasteiger partial charge < -0.3 is 10.1 Å². The third kappa shape index (κ3) is 5.25. The van der Waals surface area contributed by atoms with E-state index in [9.17, 15) is 9.59 Å². The minimum absolute atomic E-state index is 0.250. The molecule has 0 aliphatic rings. The molecular weight excluding hydrogens is 349 g/mol. The zero-order chi connectivity index (χ0) is 17.5. The lowest BCUT2D eigenvalue weighted by Crippen LogP contribution is -2.25. The van der Waals surface area contributed by atoms with Crippen LogP contribution in [-0.2, 0) is 14.3 Å². The van der Waals surface area contributed by atoms with E-state index in [0.29, 0.717) is 27.7 Å². The summed E-state index contributed by atoms with van der Waals surface area (Å²) in [6, 6.07) is 13.5. The number of anilines is 1. The molecule has 2 aromatic carbocycles. The van der Waals surface area contributed by atoms with Crippen LogP contribution in [0.25, 0.3) is 0 Å². The minimum Gasteiger partial charge on any atom is -0.447 e. The summed E-state index contributed by atoms with van der Waals surface area (Å²) in [5.41, 5.74) is 1.03. The van der Waals surface area contributed by atoms with Crippen molar-refractivity contribution in [2.24, 2.45) is 0 Å². The van der Waals surface area contributed by atoms with Crippen LogP contribution >= 0.6 is 23.2 Å². The number of carbonyl (C=O) groups is 2. The first-order valence-electron chi connectivity index (χ1n) is 7.51. The number of benzene rings is 2. The van der Waals surface area contributed by atoms with Crippen molar-refractivity contribution in [2.45, 2.75) is 25.9 Å². The molecule has 0 bridgehead atoms. The quantitative estimate of drug-likeness (QED) is 0.731. The summed E-state index contributed by atoms with van der Waals surface area (Å²) in [5, 5.41) is 3.48. The Morgan fingerprint density at radius 2 is 1.71 bits per heavy atom. The molecule has 0 aromatic heterocycles. The van der Waals surface area contributed by atoms with Gasteiger partial charge in [0.15, 0.2) is 0 Å². The Hall–Kier alpha value is -2.04. The van der Waals surface area contributed by atoms with Gasteiger partial charge in [0.2, 0.25) is 6.10 Å². The number of amides is 1. The number of nitrogens with one attached hydrogen (secondary N) is 1. The molecular formula is C18H17Cl2NO3. The van der Waals surface area contributed by atoms with Crippen molar-refractivity contribution >= 4 is 40.8 Å². The van der Waals surface area contributed by atoms with E-state index in [1.807, 2.05) is 13.0 Å². The second-order valence-corrected chi connectivity index (χ2v) is 6.05. The molecule has 0 saturated heterocycles. The molecule has 0 spiro atoms. The number of hydrogen-bond acceptors (Lipinski definition) is 3. The third-order valence-corrected chi connectivity index (χ3v) is 3.61. The number of halogens is 2. The van der Waals surface area contributed by atoms with Crippen molar-refractivity contribution < 1.29 is 14.3 Å². The van der Waals surface area contributed by atoms with Crippen molar-refractivity contribution in [1.29, 1.82) is 0 Å². The summed E-state index contributed by atoms with van der Waals surface area (Å²) < 4.78 is 5.35. The van der Waals surface area contributed by atoms with Gasteiger partial charge >= 0.3 is 5.97 Å². The first-order valence-corrected chi connectivity index (χ1v) is 8.26. The molecule has 6 heteroatoms. The lowest BCUT2D eigenvalue weighted by molar-refractivity contribution is -0.154. The zero-order valence-corrected chi connectivity index (χ0v) is 14.6. The van der Waals surface area contributed by atoms with Crippen molar-refractivity contribution in [3.05, 3.63) is 64.1 Å². The molecule has 4 nitrogen and oxygen atoms in total. The van der Waals surface area contributed by atoms with Gasteiger partial charge in [-0.1, -0.05) is 60.5 Å². The normalized spacial score (nSPS) is 11.6. The van der Waals surface area contributed by atoms with E-state index < -0.39 is 18.0 Å². The summed E-state index contributed by atoms with van der Waals surface area (Å²) in [4.78, 5) is 24.4. The van der Waals surface area contributed by atoms with Crippen LogP contribution in [0.3, 0.4) is 0 Å². The molecule has 0 fully saturated rings. The van der Waals surface area contributed by atoms with Gasteiger partial charge in [-0.2, -0.15) is 0 Å². The van der Waals surface area contributed by atoms with Crippen molar-refractivity contribution in [1.82, 2.24) is 0 Å². The van der Waals surface area contributed by atoms with Crippen LogP contribution in [0.2, 0.25) is 10.0 Å². The molecule has 24 heavy (non-hydrogen) atoms. The summed E-state index contributed by atoms with van der Waals surface area (Å²) in [6.07, 6.45) is -0.145. The summed E-state index contributed by atoms with van der Waals surface area (Å²) in [7, 11) is 0. The van der Waals surface area contributed by atoms with E-state index in [2.05, 4.69) is 5.32 Å². The molecule has 0 saturated carbocycles. The molecule has 1 amide bonds. The highest BCUT2D eigenvalue weighted by atomic mass is 35.5. The Morgan fingerprint density at radius 3 is 2.29 bits per heavy atom. The molecule has 2 rings (SSSR count). The maximum atomic E-state index is 12.6. The van der Waals surface area contributed by atoms with Gasteiger partial charge in [0.1, 0.15) is 0 Å². The first-order chi connectivity index (χ1) is 11.5. The topological polar surface area (TPSA) is 55.4 Å². The van der Waals surface area contributed by atoms with Crippen LogP contribution in [0.5, 0.6) is 0 Å². The van der Waals surface area contributed by atoms with Crippen molar-refractivity contribution in [3.8, 4) is 0 Å². The Kier molecular flexibility index (Phi) is 6.64. The second-order valence-electron chi connectivity index (χ2n) is 5.18. The zero-order valence-electron chi connectivity index (χ0n) is 13.1. The van der Waals surface area contributed by atoms with Crippen LogP contribution < -0.4 is 5.32 Å². The highest BCUT2D eigenvalue weighted by Gasteiger charge is 2.25. The van der Waals surface area contributed by atoms with Crippen LogP contribution in [0.1, 0.15) is 31.4 Å². The van der Waals surface area contributed by atoms with E-state index in [4.69, 9.17) is 27.9 Å². The summed E-state index contributed by atoms with van der Waals surface area (Å²) >= 11 is 11.9. The smallest absolute Gasteiger partial charge is 0.306 e. The largest absolute Gasteiger partial charge is 0.447 e. The van der Waals surface area contributed by atoms with Crippen molar-refractivity contribution in [2.75, 3.05) is 5.32 Å². The fraction of sp³-hybridized carbons (Fsp3) is 0.222. The fourth-order valence-electron chi connectivity index (χ4n) is 2.13. The van der Waals surface area contributed by atoms with E-state index in [0.717, 1.165) is 0 Å². The molecule has 0 aliphatic heterocycles. The van der Waals surface area contributed by atoms with Crippen LogP contribution in [0.15, 0.2) is 48.5 Å². The standard InChI is InChI=1S/C18H17Cl2NO3/c1-2-6-16(22)24-17(12-7-4-3-5-8-12)18(23)21-15-10-13(19)9-14(20)11-15/h3-5,7-11,17H,2,6H2,1H3,(H,21,23)/t17-/m0/s1. The fourth-order valence-corrected chi connectivity index (χ4v) is 2.66. The Morgan fingerprint density at radius 1 is 1.08 bits per heavy atom. The van der Waals surface area contributed by atoms with Gasteiger partial charge in [0.05, 0.1) is 0 Å². The molecule has 0 radical (unpaired) electrons. The molecule has 0 heterocycles. The lowest BCUT2D eigenvalue weighted by atomic mass is 10.1.